The summed E-state index contributed by atoms with van der Waals surface area (Å²) in [6, 6.07) is 12.8. The minimum absolute atomic E-state index is 0.0791. The van der Waals surface area contributed by atoms with Gasteiger partial charge in [-0.2, -0.15) is 0 Å². The monoisotopic (exact) mass is 367 g/mol. The van der Waals surface area contributed by atoms with Gasteiger partial charge >= 0.3 is 0 Å². The van der Waals surface area contributed by atoms with E-state index in [1.807, 2.05) is 12.1 Å². The Labute approximate surface area is 157 Å². The third kappa shape index (κ3) is 2.94. The van der Waals surface area contributed by atoms with Crippen LogP contribution in [-0.2, 0) is 4.79 Å². The lowest BCUT2D eigenvalue weighted by atomic mass is 9.89. The number of hydrogen-bond acceptors (Lipinski definition) is 4. The smallest absolute Gasteiger partial charge is 0.243 e. The molecule has 1 saturated heterocycles. The average Bonchev–Trinajstić information content (AvgIpc) is 2.98. The molecule has 0 saturated carbocycles. The molecular formula is C21H22FN3O2. The molecule has 0 spiro atoms. The van der Waals surface area contributed by atoms with Gasteiger partial charge in [-0.3, -0.25) is 9.69 Å². The van der Waals surface area contributed by atoms with E-state index in [1.165, 1.54) is 23.4 Å². The van der Waals surface area contributed by atoms with Gasteiger partial charge in [0.05, 0.1) is 17.9 Å². The second kappa shape index (κ2) is 6.53. The fourth-order valence-electron chi connectivity index (χ4n) is 4.70. The van der Waals surface area contributed by atoms with Crippen LogP contribution in [-0.4, -0.2) is 49.6 Å². The Morgan fingerprint density at radius 1 is 1.19 bits per heavy atom. The molecule has 1 N–H and O–H groups in total. The number of halogens is 1. The lowest BCUT2D eigenvalue weighted by Gasteiger charge is -2.39. The molecule has 3 aliphatic heterocycles. The number of hydrogen-bond donors (Lipinski definition) is 1. The summed E-state index contributed by atoms with van der Waals surface area (Å²) in [5.74, 6) is 0.949. The lowest BCUT2D eigenvalue weighted by Crippen LogP contribution is -2.49. The molecule has 5 rings (SSSR count). The third-order valence-electron chi connectivity index (χ3n) is 5.89. The number of anilines is 2. The predicted molar refractivity (Wildman–Crippen MR) is 102 cm³/mol. The highest BCUT2D eigenvalue weighted by Gasteiger charge is 2.45. The Morgan fingerprint density at radius 3 is 2.89 bits per heavy atom. The molecule has 0 aromatic heterocycles. The standard InChI is InChI=1S/C21H22FN3O2/c22-14-4-6-15(7-5-14)27-11-10-24-9-8-19-17(12-24)16-2-1-3-18-21(16)25(19)13-20(26)23-18/h1-7,17,19H,8-13H2,(H,23,26)/t17-,19-/m0/s1. The second-order valence-corrected chi connectivity index (χ2v) is 7.48. The second-order valence-electron chi connectivity index (χ2n) is 7.48. The molecule has 2 atom stereocenters. The summed E-state index contributed by atoms with van der Waals surface area (Å²) in [5, 5.41) is 3.01. The van der Waals surface area contributed by atoms with E-state index in [4.69, 9.17) is 4.74 Å². The highest BCUT2D eigenvalue weighted by Crippen LogP contribution is 2.49. The van der Waals surface area contributed by atoms with Crippen molar-refractivity contribution in [3.8, 4) is 5.75 Å². The van der Waals surface area contributed by atoms with Crippen LogP contribution in [0.3, 0.4) is 0 Å². The summed E-state index contributed by atoms with van der Waals surface area (Å²) in [4.78, 5) is 16.8. The van der Waals surface area contributed by atoms with Crippen molar-refractivity contribution in [2.24, 2.45) is 0 Å². The molecule has 140 valence electrons. The zero-order valence-electron chi connectivity index (χ0n) is 15.0. The number of fused-ring (bicyclic) bond motifs is 3. The van der Waals surface area contributed by atoms with E-state index in [0.29, 0.717) is 30.9 Å². The van der Waals surface area contributed by atoms with Crippen LogP contribution >= 0.6 is 0 Å². The van der Waals surface area contributed by atoms with Crippen LogP contribution in [0.1, 0.15) is 17.9 Å². The van der Waals surface area contributed by atoms with Crippen LogP contribution in [0.5, 0.6) is 5.75 Å². The molecule has 27 heavy (non-hydrogen) atoms. The topological polar surface area (TPSA) is 44.8 Å². The van der Waals surface area contributed by atoms with Crippen LogP contribution in [0.4, 0.5) is 15.8 Å². The maximum atomic E-state index is 13.0. The Kier molecular flexibility index (Phi) is 4.01. The molecular weight excluding hydrogens is 345 g/mol. The summed E-state index contributed by atoms with van der Waals surface area (Å²) < 4.78 is 18.7. The molecule has 1 fully saturated rings. The quantitative estimate of drug-likeness (QED) is 0.903. The molecule has 2 aromatic rings. The van der Waals surface area contributed by atoms with Crippen molar-refractivity contribution < 1.29 is 13.9 Å². The summed E-state index contributed by atoms with van der Waals surface area (Å²) in [6.45, 7) is 3.85. The Balaban J connectivity index is 1.26. The zero-order chi connectivity index (χ0) is 18.4. The predicted octanol–water partition coefficient (Wildman–Crippen LogP) is 2.83. The first-order valence-electron chi connectivity index (χ1n) is 9.49. The van der Waals surface area contributed by atoms with Crippen LogP contribution < -0.4 is 15.0 Å². The highest BCUT2D eigenvalue weighted by atomic mass is 19.1. The minimum atomic E-state index is -0.251. The van der Waals surface area contributed by atoms with Crippen molar-refractivity contribution in [3.05, 3.63) is 53.8 Å². The minimum Gasteiger partial charge on any atom is -0.492 e. The maximum absolute atomic E-state index is 13.0. The van der Waals surface area contributed by atoms with E-state index in [2.05, 4.69) is 21.2 Å². The van der Waals surface area contributed by atoms with Gasteiger partial charge in [0.1, 0.15) is 18.2 Å². The molecule has 1 amide bonds. The van der Waals surface area contributed by atoms with Gasteiger partial charge in [0.25, 0.3) is 0 Å². The van der Waals surface area contributed by atoms with Crippen molar-refractivity contribution >= 4 is 17.3 Å². The van der Waals surface area contributed by atoms with Crippen LogP contribution in [0, 0.1) is 5.82 Å². The molecule has 2 aromatic carbocycles. The summed E-state index contributed by atoms with van der Waals surface area (Å²) in [7, 11) is 0. The van der Waals surface area contributed by atoms with Gasteiger partial charge < -0.3 is 15.0 Å². The Morgan fingerprint density at radius 2 is 2.04 bits per heavy atom. The summed E-state index contributed by atoms with van der Waals surface area (Å²) in [6.07, 6.45) is 1.04. The Bertz CT molecular complexity index is 870. The van der Waals surface area contributed by atoms with Gasteiger partial charge in [-0.15, -0.1) is 0 Å². The molecule has 0 aliphatic carbocycles. The lowest BCUT2D eigenvalue weighted by molar-refractivity contribution is -0.115. The fourth-order valence-corrected chi connectivity index (χ4v) is 4.70. The number of amides is 1. The number of piperidine rings is 1. The molecule has 0 radical (unpaired) electrons. The van der Waals surface area contributed by atoms with Gasteiger partial charge in [-0.1, -0.05) is 12.1 Å². The summed E-state index contributed by atoms with van der Waals surface area (Å²) in [5.41, 5.74) is 3.52. The first kappa shape index (κ1) is 16.6. The molecule has 0 bridgehead atoms. The van der Waals surface area contributed by atoms with Crippen molar-refractivity contribution in [1.82, 2.24) is 4.90 Å². The number of nitrogens with one attached hydrogen (secondary N) is 1. The van der Waals surface area contributed by atoms with E-state index in [-0.39, 0.29) is 11.7 Å². The normalized spacial score (nSPS) is 23.6. The van der Waals surface area contributed by atoms with Gasteiger partial charge in [0.2, 0.25) is 5.91 Å². The number of para-hydroxylation sites is 1. The molecule has 5 nitrogen and oxygen atoms in total. The van der Waals surface area contributed by atoms with Crippen LogP contribution in [0.25, 0.3) is 0 Å². The average molecular weight is 367 g/mol. The van der Waals surface area contributed by atoms with Crippen molar-refractivity contribution in [2.75, 3.05) is 43.0 Å². The van der Waals surface area contributed by atoms with Gasteiger partial charge in [0.15, 0.2) is 0 Å². The number of likely N-dealkylation sites (tertiary alicyclic amines) is 1. The van der Waals surface area contributed by atoms with Crippen molar-refractivity contribution in [2.45, 2.75) is 18.4 Å². The van der Waals surface area contributed by atoms with Gasteiger partial charge in [0, 0.05) is 31.6 Å². The van der Waals surface area contributed by atoms with Crippen LogP contribution in [0.2, 0.25) is 0 Å². The van der Waals surface area contributed by atoms with E-state index >= 15 is 0 Å². The number of nitrogens with zero attached hydrogens (tertiary/aromatic N) is 2. The Hall–Kier alpha value is -2.60. The zero-order valence-corrected chi connectivity index (χ0v) is 15.0. The first-order valence-corrected chi connectivity index (χ1v) is 9.49. The van der Waals surface area contributed by atoms with Crippen molar-refractivity contribution in [1.29, 1.82) is 0 Å². The van der Waals surface area contributed by atoms with E-state index in [0.717, 1.165) is 31.7 Å². The molecule has 6 heteroatoms. The third-order valence-corrected chi connectivity index (χ3v) is 5.89. The largest absolute Gasteiger partial charge is 0.492 e. The van der Waals surface area contributed by atoms with Gasteiger partial charge in [-0.05, 0) is 42.3 Å². The van der Waals surface area contributed by atoms with Crippen LogP contribution in [0.15, 0.2) is 42.5 Å². The fraction of sp³-hybridized carbons (Fsp3) is 0.381. The van der Waals surface area contributed by atoms with E-state index in [1.54, 1.807) is 12.1 Å². The number of carbonyl (C=O) groups is 1. The molecule has 0 unspecified atom stereocenters. The number of rotatable bonds is 4. The number of benzene rings is 2. The first-order chi connectivity index (χ1) is 13.2. The number of ether oxygens (including phenoxy) is 1. The maximum Gasteiger partial charge on any atom is 0.243 e. The van der Waals surface area contributed by atoms with E-state index in [9.17, 15) is 9.18 Å². The molecule has 3 heterocycles. The summed E-state index contributed by atoms with van der Waals surface area (Å²) >= 11 is 0. The van der Waals surface area contributed by atoms with Gasteiger partial charge in [-0.25, -0.2) is 4.39 Å². The van der Waals surface area contributed by atoms with Crippen molar-refractivity contribution in [3.63, 3.8) is 0 Å². The highest BCUT2D eigenvalue weighted by molar-refractivity contribution is 6.03. The molecule has 3 aliphatic rings. The van der Waals surface area contributed by atoms with E-state index < -0.39 is 0 Å². The number of carbonyl (C=O) groups excluding carboxylic acids is 1. The SMILES string of the molecule is O=C1CN2c3c(cccc3[C@@H]3CN(CCOc4ccc(F)cc4)CC[C@@H]32)N1.